The van der Waals surface area contributed by atoms with Crippen molar-refractivity contribution in [2.24, 2.45) is 0 Å². The molecule has 0 spiro atoms. The lowest BCUT2D eigenvalue weighted by Gasteiger charge is -2.07. The lowest BCUT2D eigenvalue weighted by atomic mass is 10.1. The van der Waals surface area contributed by atoms with Gasteiger partial charge in [0.25, 0.3) is 0 Å². The first-order valence-corrected chi connectivity index (χ1v) is 8.80. The third kappa shape index (κ3) is 4.63. The summed E-state index contributed by atoms with van der Waals surface area (Å²) >= 11 is 1.63. The Hall–Kier alpha value is -2.20. The smallest absolute Gasteiger partial charge is 0.119 e. The van der Waals surface area contributed by atoms with Gasteiger partial charge in [0.05, 0.1) is 17.8 Å². The van der Waals surface area contributed by atoms with E-state index in [1.165, 1.54) is 11.1 Å². The van der Waals surface area contributed by atoms with Crippen LogP contribution in [0.4, 0.5) is 0 Å². The normalized spacial score (nSPS) is 10.7. The van der Waals surface area contributed by atoms with Crippen LogP contribution >= 0.6 is 11.3 Å². The number of nitrogens with zero attached hydrogens (tertiary/aromatic N) is 2. The van der Waals surface area contributed by atoms with Gasteiger partial charge in [-0.15, -0.1) is 11.3 Å². The van der Waals surface area contributed by atoms with Crippen LogP contribution in [0.1, 0.15) is 29.4 Å². The predicted molar refractivity (Wildman–Crippen MR) is 94.2 cm³/mol. The topological polar surface area (TPSA) is 35.0 Å². The molecule has 23 heavy (non-hydrogen) atoms. The average Bonchev–Trinajstić information content (AvgIpc) is 3.10. The Balaban J connectivity index is 1.48. The number of thiazole rings is 1. The van der Waals surface area contributed by atoms with Gasteiger partial charge in [0.15, 0.2) is 0 Å². The molecule has 0 atom stereocenters. The average molecular weight is 324 g/mol. The van der Waals surface area contributed by atoms with Crippen molar-refractivity contribution in [3.05, 3.63) is 76.0 Å². The first kappa shape index (κ1) is 15.7. The molecule has 3 nitrogen and oxygen atoms in total. The molecule has 1 aromatic carbocycles. The summed E-state index contributed by atoms with van der Waals surface area (Å²) in [6.07, 6.45) is 4.67. The van der Waals surface area contributed by atoms with E-state index < -0.39 is 0 Å². The Bertz CT molecular complexity index is 706. The molecule has 2 aromatic heterocycles. The lowest BCUT2D eigenvalue weighted by molar-refractivity contribution is 0.320. The van der Waals surface area contributed by atoms with Crippen LogP contribution in [0.15, 0.2) is 53.5 Å². The summed E-state index contributed by atoms with van der Waals surface area (Å²) < 4.78 is 5.80. The molecule has 0 amide bonds. The highest BCUT2D eigenvalue weighted by Gasteiger charge is 2.01. The number of hydrogen-bond acceptors (Lipinski definition) is 4. The van der Waals surface area contributed by atoms with E-state index in [2.05, 4.69) is 46.5 Å². The zero-order valence-corrected chi connectivity index (χ0v) is 14.1. The highest BCUT2D eigenvalue weighted by Crippen LogP contribution is 2.15. The number of aromatic nitrogens is 2. The van der Waals surface area contributed by atoms with Gasteiger partial charge >= 0.3 is 0 Å². The van der Waals surface area contributed by atoms with Crippen molar-refractivity contribution < 1.29 is 4.74 Å². The molecule has 0 saturated heterocycles. The molecule has 0 fully saturated rings. The van der Waals surface area contributed by atoms with Crippen LogP contribution < -0.4 is 4.74 Å². The number of hydrogen-bond donors (Lipinski definition) is 0. The second kappa shape index (κ2) is 7.88. The Labute approximate surface area is 141 Å². The van der Waals surface area contributed by atoms with Gasteiger partial charge in [-0.3, -0.25) is 4.98 Å². The second-order valence-electron chi connectivity index (χ2n) is 5.41. The monoisotopic (exact) mass is 324 g/mol. The van der Waals surface area contributed by atoms with Gasteiger partial charge in [0.2, 0.25) is 0 Å². The minimum absolute atomic E-state index is 0.643. The van der Waals surface area contributed by atoms with Crippen LogP contribution in [0.25, 0.3) is 0 Å². The minimum Gasteiger partial charge on any atom is -0.493 e. The molecule has 3 aromatic rings. The Morgan fingerprint density at radius 1 is 0.957 bits per heavy atom. The number of benzene rings is 1. The molecule has 3 rings (SSSR count). The fourth-order valence-corrected chi connectivity index (χ4v) is 2.88. The maximum absolute atomic E-state index is 5.80. The Morgan fingerprint density at radius 2 is 1.78 bits per heavy atom. The number of ether oxygens (including phenoxy) is 1. The second-order valence-corrected chi connectivity index (χ2v) is 6.13. The molecule has 0 radical (unpaired) electrons. The van der Waals surface area contributed by atoms with Gasteiger partial charge < -0.3 is 4.74 Å². The molecular formula is C19H20N2OS. The van der Waals surface area contributed by atoms with E-state index in [1.54, 1.807) is 11.3 Å². The van der Waals surface area contributed by atoms with Crippen LogP contribution in [-0.2, 0) is 19.3 Å². The van der Waals surface area contributed by atoms with Gasteiger partial charge in [0, 0.05) is 30.1 Å². The van der Waals surface area contributed by atoms with Crippen LogP contribution in [0.2, 0.25) is 0 Å². The summed E-state index contributed by atoms with van der Waals surface area (Å²) in [6.45, 7) is 2.78. The largest absolute Gasteiger partial charge is 0.493 e. The molecule has 0 unspecified atom stereocenters. The minimum atomic E-state index is 0.643. The predicted octanol–water partition coefficient (Wildman–Crippen LogP) is 4.31. The van der Waals surface area contributed by atoms with E-state index in [-0.39, 0.29) is 0 Å². The number of aryl methyl sites for hydroxylation is 1. The maximum atomic E-state index is 5.80. The molecule has 2 heterocycles. The zero-order valence-electron chi connectivity index (χ0n) is 13.2. The molecule has 0 aliphatic rings. The van der Waals surface area contributed by atoms with E-state index in [0.29, 0.717) is 6.61 Å². The first-order valence-electron chi connectivity index (χ1n) is 7.86. The molecule has 0 aliphatic heterocycles. The van der Waals surface area contributed by atoms with E-state index >= 15 is 0 Å². The van der Waals surface area contributed by atoms with Crippen LogP contribution in [0.3, 0.4) is 0 Å². The van der Waals surface area contributed by atoms with Crippen LogP contribution in [-0.4, -0.2) is 16.6 Å². The van der Waals surface area contributed by atoms with Crippen molar-refractivity contribution in [2.45, 2.75) is 26.2 Å². The SMILES string of the molecule is CCc1ccc(CCOc2ccc(Cc3cscn3)cc2)nc1. The fraction of sp³-hybridized carbons (Fsp3) is 0.263. The highest BCUT2D eigenvalue weighted by atomic mass is 32.1. The Kier molecular flexibility index (Phi) is 5.37. The van der Waals surface area contributed by atoms with Crippen LogP contribution in [0, 0.1) is 0 Å². The van der Waals surface area contributed by atoms with Crippen molar-refractivity contribution in [1.82, 2.24) is 9.97 Å². The Morgan fingerprint density at radius 3 is 2.43 bits per heavy atom. The number of pyridine rings is 1. The molecule has 0 bridgehead atoms. The van der Waals surface area contributed by atoms with E-state index in [1.807, 2.05) is 23.8 Å². The van der Waals surface area contributed by atoms with Gasteiger partial charge in [-0.2, -0.15) is 0 Å². The zero-order chi connectivity index (χ0) is 15.9. The highest BCUT2D eigenvalue weighted by molar-refractivity contribution is 7.07. The van der Waals surface area contributed by atoms with Gasteiger partial charge in [-0.25, -0.2) is 4.98 Å². The third-order valence-electron chi connectivity index (χ3n) is 3.71. The van der Waals surface area contributed by atoms with Gasteiger partial charge in [-0.1, -0.05) is 25.1 Å². The van der Waals surface area contributed by atoms with Crippen LogP contribution in [0.5, 0.6) is 5.75 Å². The fourth-order valence-electron chi connectivity index (χ4n) is 2.32. The van der Waals surface area contributed by atoms with Crippen molar-refractivity contribution in [3.63, 3.8) is 0 Å². The van der Waals surface area contributed by atoms with Crippen molar-refractivity contribution in [2.75, 3.05) is 6.61 Å². The van der Waals surface area contributed by atoms with E-state index in [0.717, 1.165) is 36.4 Å². The van der Waals surface area contributed by atoms with Gasteiger partial charge in [0.1, 0.15) is 5.75 Å². The summed E-state index contributed by atoms with van der Waals surface area (Å²) in [4.78, 5) is 8.76. The maximum Gasteiger partial charge on any atom is 0.119 e. The first-order chi connectivity index (χ1) is 11.3. The van der Waals surface area contributed by atoms with Crippen molar-refractivity contribution >= 4 is 11.3 Å². The number of rotatable bonds is 7. The molecule has 0 aliphatic carbocycles. The van der Waals surface area contributed by atoms with E-state index in [4.69, 9.17) is 4.74 Å². The molecule has 0 saturated carbocycles. The quantitative estimate of drug-likeness (QED) is 0.649. The van der Waals surface area contributed by atoms with E-state index in [9.17, 15) is 0 Å². The summed E-state index contributed by atoms with van der Waals surface area (Å²) in [5.74, 6) is 0.900. The summed E-state index contributed by atoms with van der Waals surface area (Å²) in [5.41, 5.74) is 6.58. The van der Waals surface area contributed by atoms with Crippen molar-refractivity contribution in [3.8, 4) is 5.75 Å². The molecule has 4 heteroatoms. The van der Waals surface area contributed by atoms with Crippen molar-refractivity contribution in [1.29, 1.82) is 0 Å². The summed E-state index contributed by atoms with van der Waals surface area (Å²) in [5, 5.41) is 2.08. The van der Waals surface area contributed by atoms with Gasteiger partial charge in [-0.05, 0) is 35.7 Å². The summed E-state index contributed by atoms with van der Waals surface area (Å²) in [7, 11) is 0. The third-order valence-corrected chi connectivity index (χ3v) is 4.35. The molecular weight excluding hydrogens is 304 g/mol. The molecule has 118 valence electrons. The standard InChI is InChI=1S/C19H20N2OS/c1-2-15-3-6-17(20-12-15)9-10-22-19-7-4-16(5-8-19)11-18-13-23-14-21-18/h3-8,12-14H,2,9-11H2,1H3. The lowest BCUT2D eigenvalue weighted by Crippen LogP contribution is -2.03. The molecule has 0 N–H and O–H groups in total. The summed E-state index contributed by atoms with van der Waals surface area (Å²) in [6, 6.07) is 12.5.